The summed E-state index contributed by atoms with van der Waals surface area (Å²) in [5, 5.41) is 0. The molecule has 12 heavy (non-hydrogen) atoms. The van der Waals surface area contributed by atoms with Crippen molar-refractivity contribution in [2.75, 3.05) is 7.11 Å². The largest absolute Gasteiger partial charge is 2.00 e. The minimum Gasteiger partial charge on any atom is -0.554 e. The maximum atomic E-state index is 4.88. The summed E-state index contributed by atoms with van der Waals surface area (Å²) in [7, 11) is 1.71. The molecule has 0 aromatic rings. The van der Waals surface area contributed by atoms with Crippen LogP contribution >= 0.6 is 20.7 Å². The Morgan fingerprint density at radius 3 is 2.67 bits per heavy atom. The Morgan fingerprint density at radius 1 is 1.50 bits per heavy atom. The second-order valence-corrected chi connectivity index (χ2v) is 5.32. The van der Waals surface area contributed by atoms with Crippen molar-refractivity contribution in [3.63, 3.8) is 0 Å². The van der Waals surface area contributed by atoms with Gasteiger partial charge in [0.25, 0.3) is 0 Å². The van der Waals surface area contributed by atoms with Crippen molar-refractivity contribution in [3.8, 4) is 0 Å². The topological polar surface area (TPSA) is 9.23 Å². The van der Waals surface area contributed by atoms with Crippen LogP contribution in [0, 0.1) is 48.1 Å². The monoisotopic (exact) mass is 506 g/mol. The number of rotatable bonds is 6. The van der Waals surface area contributed by atoms with Crippen molar-refractivity contribution in [2.24, 2.45) is 5.92 Å². The molecular weight excluding hydrogens is 489 g/mol. The van der Waals surface area contributed by atoms with Crippen molar-refractivity contribution in [2.45, 2.75) is 26.7 Å². The molecule has 0 rings (SSSR count). The van der Waals surface area contributed by atoms with Crippen LogP contribution in [0.25, 0.3) is 0 Å². The molecule has 0 aromatic carbocycles. The molecule has 0 N–H and O–H groups in total. The molecule has 70 valence electrons. The zero-order valence-corrected chi connectivity index (χ0v) is 14.3. The Hall–Kier alpha value is 1.61. The third-order valence-electron chi connectivity index (χ3n) is 1.37. The van der Waals surface area contributed by atoms with Crippen LogP contribution in [-0.4, -0.2) is 11.1 Å². The van der Waals surface area contributed by atoms with Gasteiger partial charge in [-0.1, -0.05) is 16.9 Å². The van der Waals surface area contributed by atoms with Gasteiger partial charge in [-0.2, -0.15) is 12.8 Å². The molecule has 0 aliphatic heterocycles. The molecule has 0 aliphatic carbocycles. The van der Waals surface area contributed by atoms with E-state index in [0.717, 1.165) is 12.3 Å². The van der Waals surface area contributed by atoms with Crippen molar-refractivity contribution < 1.29 is 35.9 Å². The van der Waals surface area contributed by atoms with Gasteiger partial charge in [-0.05, 0) is 14.0 Å². The first-order chi connectivity index (χ1) is 5.31. The van der Waals surface area contributed by atoms with Crippen LogP contribution in [0.2, 0.25) is 0 Å². The van der Waals surface area contributed by atoms with Crippen LogP contribution < -0.4 is 0 Å². The van der Waals surface area contributed by atoms with Crippen LogP contribution in [0.3, 0.4) is 0 Å². The van der Waals surface area contributed by atoms with Gasteiger partial charge in [-0.15, -0.1) is 0 Å². The molecule has 3 heteroatoms. The standard InChI is InChI=1S/C9H17IO.U/c1-4-10-7-5-9(2)6-8-11-3;/h4,7-9H,5-6H2,1-3H3;/q-2;+2. The van der Waals surface area contributed by atoms with Gasteiger partial charge in [-0.3, -0.25) is 4.43 Å². The van der Waals surface area contributed by atoms with E-state index < -0.39 is 0 Å². The van der Waals surface area contributed by atoms with Crippen molar-refractivity contribution in [1.29, 1.82) is 0 Å². The number of halogens is 1. The summed E-state index contributed by atoms with van der Waals surface area (Å²) in [5.74, 6) is 0.745. The van der Waals surface area contributed by atoms with E-state index in [1.165, 1.54) is 6.42 Å². The third-order valence-corrected chi connectivity index (χ3v) is 3.11. The summed E-state index contributed by atoms with van der Waals surface area (Å²) in [6, 6.07) is 0. The van der Waals surface area contributed by atoms with Gasteiger partial charge in [-0.25, -0.2) is 6.61 Å². The van der Waals surface area contributed by atoms with E-state index in [2.05, 4.69) is 22.3 Å². The first kappa shape index (κ1) is 16.1. The van der Waals surface area contributed by atoms with E-state index in [1.807, 2.05) is 6.61 Å². The van der Waals surface area contributed by atoms with Gasteiger partial charge in [0, 0.05) is 0 Å². The Morgan fingerprint density at radius 2 is 2.17 bits per heavy atom. The molecule has 1 nitrogen and oxygen atoms in total. The van der Waals surface area contributed by atoms with E-state index in [0.29, 0.717) is 0 Å². The van der Waals surface area contributed by atoms with E-state index in [9.17, 15) is 0 Å². The Bertz CT molecular complexity index is 107. The van der Waals surface area contributed by atoms with E-state index in [4.69, 9.17) is 4.74 Å². The molecule has 0 spiro atoms. The van der Waals surface area contributed by atoms with Crippen LogP contribution in [0.1, 0.15) is 26.7 Å². The Balaban J connectivity index is 0. The number of methoxy groups -OCH3 is 1. The van der Waals surface area contributed by atoms with E-state index in [1.54, 1.807) is 7.11 Å². The quantitative estimate of drug-likeness (QED) is 0.398. The minimum atomic E-state index is 0. The maximum Gasteiger partial charge on any atom is 2.00 e. The first-order valence-electron chi connectivity index (χ1n) is 3.87. The SMILES string of the molecule is CC=I[CH-]CC(C)C[CH-]OC.[U+2]. The van der Waals surface area contributed by atoms with Gasteiger partial charge in [0.05, 0.1) is 0 Å². The second-order valence-electron chi connectivity index (χ2n) is 2.48. The maximum absolute atomic E-state index is 4.88. The molecule has 0 amide bonds. The van der Waals surface area contributed by atoms with Crippen LogP contribution in [-0.2, 0) is 4.74 Å². The molecule has 0 saturated heterocycles. The second kappa shape index (κ2) is 12.6. The van der Waals surface area contributed by atoms with Crippen LogP contribution in [0.4, 0.5) is 0 Å². The molecule has 0 aromatic heterocycles. The van der Waals surface area contributed by atoms with Crippen molar-refractivity contribution in [3.05, 3.63) is 11.0 Å². The first-order valence-corrected chi connectivity index (χ1v) is 6.36. The molecule has 1 unspecified atom stereocenters. The Kier molecular flexibility index (Phi) is 16.9. The summed E-state index contributed by atoms with van der Waals surface area (Å²) < 4.78 is 9.59. The van der Waals surface area contributed by atoms with Gasteiger partial charge >= 0.3 is 31.1 Å². The zero-order valence-electron chi connectivity index (χ0n) is 8.01. The predicted octanol–water partition coefficient (Wildman–Crippen LogP) is 3.17. The fourth-order valence-corrected chi connectivity index (χ4v) is 2.32. The van der Waals surface area contributed by atoms with Gasteiger partial charge in [0.15, 0.2) is 0 Å². The van der Waals surface area contributed by atoms with E-state index >= 15 is 0 Å². The molecule has 0 radical (unpaired) electrons. The average Bonchev–Trinajstić information content (AvgIpc) is 2.01. The smallest absolute Gasteiger partial charge is 0.554 e. The van der Waals surface area contributed by atoms with Crippen LogP contribution in [0.15, 0.2) is 0 Å². The number of ether oxygens (including phenoxy) is 1. The van der Waals surface area contributed by atoms with Crippen molar-refractivity contribution >= 4 is 24.7 Å². The molecule has 0 heterocycles. The van der Waals surface area contributed by atoms with Crippen molar-refractivity contribution in [1.82, 2.24) is 0 Å². The van der Waals surface area contributed by atoms with Gasteiger partial charge in [0.1, 0.15) is 0 Å². The normalized spacial score (nSPS) is 13.6. The average molecular weight is 506 g/mol. The third kappa shape index (κ3) is 11.6. The van der Waals surface area contributed by atoms with Gasteiger partial charge < -0.3 is 25.5 Å². The predicted molar refractivity (Wildman–Crippen MR) is 59.8 cm³/mol. The van der Waals surface area contributed by atoms with E-state index in [-0.39, 0.29) is 51.8 Å². The number of hydrogen-bond donors (Lipinski definition) is 0. The summed E-state index contributed by atoms with van der Waals surface area (Å²) in [5.41, 5.74) is 0. The summed E-state index contributed by atoms with van der Waals surface area (Å²) in [6.07, 6.45) is 2.30. The summed E-state index contributed by atoms with van der Waals surface area (Å²) in [6.45, 7) is 6.27. The fourth-order valence-electron chi connectivity index (χ4n) is 0.649. The Labute approximate surface area is 110 Å². The molecule has 0 aliphatic rings. The fraction of sp³-hybridized carbons (Fsp3) is 0.667. The summed E-state index contributed by atoms with van der Waals surface area (Å²) >= 11 is 0.274. The van der Waals surface area contributed by atoms with Gasteiger partial charge in [0.2, 0.25) is 0 Å². The van der Waals surface area contributed by atoms with Crippen LogP contribution in [0.5, 0.6) is 0 Å². The summed E-state index contributed by atoms with van der Waals surface area (Å²) in [4.78, 5) is 0. The molecule has 0 saturated carbocycles. The molecule has 0 bridgehead atoms. The molecule has 0 fully saturated rings. The zero-order chi connectivity index (χ0) is 8.53. The molecule has 1 atom stereocenters. The minimum absolute atomic E-state index is 0. The molecular formula is C9H17IOU. The number of hydrogen-bond acceptors (Lipinski definition) is 1.